The lowest BCUT2D eigenvalue weighted by molar-refractivity contribution is -0.131. The second-order valence-electron chi connectivity index (χ2n) is 9.21. The van der Waals surface area contributed by atoms with Gasteiger partial charge in [-0.1, -0.05) is 12.1 Å². The predicted octanol–water partition coefficient (Wildman–Crippen LogP) is 3.87. The van der Waals surface area contributed by atoms with Gasteiger partial charge < -0.3 is 21.3 Å². The van der Waals surface area contributed by atoms with Crippen LogP contribution < -0.4 is 16.4 Å². The molecule has 4 N–H and O–H groups in total. The van der Waals surface area contributed by atoms with Crippen LogP contribution in [-0.2, 0) is 11.2 Å². The second-order valence-corrected chi connectivity index (χ2v) is 11.2. The number of aromatic nitrogens is 2. The second kappa shape index (κ2) is 9.18. The highest BCUT2D eigenvalue weighted by atomic mass is 32.1. The first-order chi connectivity index (χ1) is 17.5. The molecule has 2 amide bonds. The zero-order chi connectivity index (χ0) is 24.8. The third-order valence-electron chi connectivity index (χ3n) is 7.16. The number of nitrogens with zero attached hydrogens (tertiary/aromatic N) is 4. The Morgan fingerprint density at radius 3 is 2.64 bits per heavy atom. The van der Waals surface area contributed by atoms with E-state index in [1.807, 2.05) is 34.5 Å². The van der Waals surface area contributed by atoms with Gasteiger partial charge in [-0.15, -0.1) is 22.7 Å². The van der Waals surface area contributed by atoms with E-state index >= 15 is 0 Å². The molecular formula is C26H26N6O2S2. The van der Waals surface area contributed by atoms with Gasteiger partial charge in [0.05, 0.1) is 5.69 Å². The van der Waals surface area contributed by atoms with Crippen LogP contribution in [0.3, 0.4) is 0 Å². The molecule has 5 heterocycles. The first-order valence-electron chi connectivity index (χ1n) is 12.0. The lowest BCUT2D eigenvalue weighted by atomic mass is 9.98. The normalized spacial score (nSPS) is 17.5. The highest BCUT2D eigenvalue weighted by molar-refractivity contribution is 7.21. The summed E-state index contributed by atoms with van der Waals surface area (Å²) in [6.07, 6.45) is 3.94. The third kappa shape index (κ3) is 3.90. The van der Waals surface area contributed by atoms with Crippen molar-refractivity contribution in [1.82, 2.24) is 14.9 Å². The van der Waals surface area contributed by atoms with Gasteiger partial charge in [0.15, 0.2) is 0 Å². The van der Waals surface area contributed by atoms with Crippen LogP contribution in [0.5, 0.6) is 0 Å². The first kappa shape index (κ1) is 22.9. The molecule has 1 aliphatic carbocycles. The topological polar surface area (TPSA) is 118 Å². The summed E-state index contributed by atoms with van der Waals surface area (Å²) in [7, 11) is 0. The number of carbonyl (C=O) groups excluding carboxylic acids is 2. The molecule has 0 spiro atoms. The summed E-state index contributed by atoms with van der Waals surface area (Å²) in [5.41, 5.74) is 15.6. The van der Waals surface area contributed by atoms with E-state index in [2.05, 4.69) is 16.0 Å². The maximum atomic E-state index is 13.3. The van der Waals surface area contributed by atoms with Crippen molar-refractivity contribution in [3.05, 3.63) is 58.0 Å². The molecule has 184 valence electrons. The van der Waals surface area contributed by atoms with Crippen LogP contribution in [0.4, 0.5) is 11.5 Å². The van der Waals surface area contributed by atoms with Crippen LogP contribution in [0.2, 0.25) is 0 Å². The standard InChI is InChI=1S/C26H26N6O2S2/c27-22-21-20(17-4-3-13-35-17)16-7-6-15(23(16)30-26(21)36-24(22)25(28)34)14-19(33)32-11-9-31(10-12-32)18-5-1-2-8-29-18/h1-5,8,13,15H,6-7,9-12,14,27H2,(H2,28,34). The zero-order valence-corrected chi connectivity index (χ0v) is 21.3. The molecule has 36 heavy (non-hydrogen) atoms. The van der Waals surface area contributed by atoms with E-state index in [0.717, 1.165) is 58.8 Å². The SMILES string of the molecule is NC(=O)c1sc2nc3c(c(-c4cccs4)c2c1N)CCC3CC(=O)N1CCN(c2ccccn2)CC1. The molecule has 1 unspecified atom stereocenters. The zero-order valence-electron chi connectivity index (χ0n) is 19.6. The molecule has 0 saturated carbocycles. The fourth-order valence-corrected chi connectivity index (χ4v) is 7.16. The average Bonchev–Trinajstić information content (AvgIpc) is 3.64. The Morgan fingerprint density at radius 2 is 1.94 bits per heavy atom. The van der Waals surface area contributed by atoms with Crippen LogP contribution in [0.25, 0.3) is 20.7 Å². The minimum Gasteiger partial charge on any atom is -0.397 e. The molecular weight excluding hydrogens is 492 g/mol. The van der Waals surface area contributed by atoms with Crippen LogP contribution in [0.1, 0.15) is 39.7 Å². The van der Waals surface area contributed by atoms with Crippen molar-refractivity contribution in [2.75, 3.05) is 36.8 Å². The van der Waals surface area contributed by atoms with Crippen molar-refractivity contribution in [1.29, 1.82) is 0 Å². The van der Waals surface area contributed by atoms with Crippen LogP contribution in [0, 0.1) is 0 Å². The number of anilines is 2. The Morgan fingerprint density at radius 1 is 1.11 bits per heavy atom. The summed E-state index contributed by atoms with van der Waals surface area (Å²) in [6, 6.07) is 9.98. The van der Waals surface area contributed by atoms with Crippen molar-refractivity contribution in [3.8, 4) is 10.4 Å². The van der Waals surface area contributed by atoms with E-state index in [-0.39, 0.29) is 11.8 Å². The number of primary amides is 1. The summed E-state index contributed by atoms with van der Waals surface area (Å²) in [4.78, 5) is 41.1. The molecule has 2 aliphatic rings. The molecule has 8 nitrogen and oxygen atoms in total. The fraction of sp³-hybridized carbons (Fsp3) is 0.308. The number of nitrogen functional groups attached to an aromatic ring is 1. The van der Waals surface area contributed by atoms with Gasteiger partial charge in [0.1, 0.15) is 15.5 Å². The van der Waals surface area contributed by atoms with Gasteiger partial charge in [-0.2, -0.15) is 0 Å². The lowest BCUT2D eigenvalue weighted by Gasteiger charge is -2.35. The number of thiophene rings is 2. The molecule has 0 aromatic carbocycles. The van der Waals surface area contributed by atoms with Gasteiger partial charge in [0.25, 0.3) is 5.91 Å². The average molecular weight is 519 g/mol. The van der Waals surface area contributed by atoms with Crippen molar-refractivity contribution in [2.24, 2.45) is 5.73 Å². The number of rotatable bonds is 5. The number of pyridine rings is 2. The first-order valence-corrected chi connectivity index (χ1v) is 13.7. The molecule has 4 aromatic heterocycles. The van der Waals surface area contributed by atoms with E-state index in [9.17, 15) is 9.59 Å². The molecule has 0 bridgehead atoms. The fourth-order valence-electron chi connectivity index (χ4n) is 5.39. The number of hydrogen-bond donors (Lipinski definition) is 2. The minimum absolute atomic E-state index is 0.0461. The Hall–Kier alpha value is -3.50. The molecule has 1 aliphatic heterocycles. The minimum atomic E-state index is -0.538. The van der Waals surface area contributed by atoms with Gasteiger partial charge in [-0.3, -0.25) is 9.59 Å². The van der Waals surface area contributed by atoms with Crippen molar-refractivity contribution in [3.63, 3.8) is 0 Å². The van der Waals surface area contributed by atoms with Gasteiger partial charge in [0, 0.05) is 66.2 Å². The summed E-state index contributed by atoms with van der Waals surface area (Å²) in [6.45, 7) is 2.92. The number of fused-ring (bicyclic) bond motifs is 2. The van der Waals surface area contributed by atoms with Crippen molar-refractivity contribution >= 4 is 56.2 Å². The molecule has 1 atom stereocenters. The largest absolute Gasteiger partial charge is 0.397 e. The predicted molar refractivity (Wildman–Crippen MR) is 145 cm³/mol. The van der Waals surface area contributed by atoms with Crippen LogP contribution in [-0.4, -0.2) is 52.9 Å². The summed E-state index contributed by atoms with van der Waals surface area (Å²) in [5, 5.41) is 2.85. The molecule has 1 fully saturated rings. The van der Waals surface area contributed by atoms with Gasteiger partial charge in [-0.25, -0.2) is 9.97 Å². The van der Waals surface area contributed by atoms with Gasteiger partial charge in [-0.05, 0) is 42.0 Å². The summed E-state index contributed by atoms with van der Waals surface area (Å²) >= 11 is 2.88. The molecule has 4 aromatic rings. The number of amides is 2. The molecule has 10 heteroatoms. The van der Waals surface area contributed by atoms with Crippen molar-refractivity contribution < 1.29 is 9.59 Å². The van der Waals surface area contributed by atoms with Crippen molar-refractivity contribution in [2.45, 2.75) is 25.2 Å². The highest BCUT2D eigenvalue weighted by Gasteiger charge is 2.34. The highest BCUT2D eigenvalue weighted by Crippen LogP contribution is 2.48. The summed E-state index contributed by atoms with van der Waals surface area (Å²) < 4.78 is 0. The monoisotopic (exact) mass is 518 g/mol. The van der Waals surface area contributed by atoms with E-state index in [0.29, 0.717) is 34.9 Å². The smallest absolute Gasteiger partial charge is 0.260 e. The van der Waals surface area contributed by atoms with E-state index in [1.165, 1.54) is 11.3 Å². The summed E-state index contributed by atoms with van der Waals surface area (Å²) in [5.74, 6) is 0.625. The third-order valence-corrected chi connectivity index (χ3v) is 9.16. The van der Waals surface area contributed by atoms with E-state index in [1.54, 1.807) is 17.5 Å². The Bertz CT molecular complexity index is 1440. The molecule has 0 radical (unpaired) electrons. The molecule has 1 saturated heterocycles. The molecule has 6 rings (SSSR count). The Balaban J connectivity index is 1.27. The number of nitrogens with two attached hydrogens (primary N) is 2. The maximum Gasteiger partial charge on any atom is 0.260 e. The van der Waals surface area contributed by atoms with Gasteiger partial charge in [0.2, 0.25) is 5.91 Å². The van der Waals surface area contributed by atoms with Crippen LogP contribution >= 0.6 is 22.7 Å². The number of carbonyl (C=O) groups is 2. The lowest BCUT2D eigenvalue weighted by Crippen LogP contribution is -2.49. The Kier molecular flexibility index (Phi) is 5.85. The quantitative estimate of drug-likeness (QED) is 0.414. The van der Waals surface area contributed by atoms with E-state index in [4.69, 9.17) is 16.5 Å². The van der Waals surface area contributed by atoms with Crippen LogP contribution in [0.15, 0.2) is 41.9 Å². The number of piperazine rings is 1. The maximum absolute atomic E-state index is 13.3. The van der Waals surface area contributed by atoms with Gasteiger partial charge >= 0.3 is 0 Å². The number of hydrogen-bond acceptors (Lipinski definition) is 8. The Labute approximate surface area is 216 Å². The van der Waals surface area contributed by atoms with E-state index < -0.39 is 5.91 Å².